The molecule has 0 aliphatic carbocycles. The first-order valence-corrected chi connectivity index (χ1v) is 29.0. The van der Waals surface area contributed by atoms with Gasteiger partial charge in [0.2, 0.25) is 0 Å². The van der Waals surface area contributed by atoms with Gasteiger partial charge in [0, 0.05) is 12.8 Å². The molecule has 0 aromatic rings. The van der Waals surface area contributed by atoms with Gasteiger partial charge in [0.05, 0.1) is 27.7 Å². The van der Waals surface area contributed by atoms with Gasteiger partial charge in [-0.05, 0) is 64.2 Å². The second-order valence-electron chi connectivity index (χ2n) is 19.9. The Morgan fingerprint density at radius 2 is 0.785 bits per heavy atom. The molecule has 0 heterocycles. The summed E-state index contributed by atoms with van der Waals surface area (Å²) in [5.41, 5.74) is 0. The third kappa shape index (κ3) is 51.7. The predicted octanol–water partition coefficient (Wildman–Crippen LogP) is 16.0. The van der Waals surface area contributed by atoms with E-state index in [2.05, 4.69) is 38.2 Å². The van der Waals surface area contributed by atoms with Crippen LogP contribution in [0.3, 0.4) is 0 Å². The fourth-order valence-corrected chi connectivity index (χ4v) is 8.61. The minimum Gasteiger partial charge on any atom is -0.756 e. The minimum absolute atomic E-state index is 0.0298. The highest BCUT2D eigenvalue weighted by molar-refractivity contribution is 7.45. The molecule has 0 fully saturated rings. The summed E-state index contributed by atoms with van der Waals surface area (Å²) in [6.07, 6.45) is 55.0. The molecule has 0 spiro atoms. The maximum Gasteiger partial charge on any atom is 0.306 e. The van der Waals surface area contributed by atoms with Crippen molar-refractivity contribution in [2.45, 2.75) is 270 Å². The lowest BCUT2D eigenvalue weighted by atomic mass is 10.0. The van der Waals surface area contributed by atoms with Crippen LogP contribution in [0, 0.1) is 0 Å². The Kier molecular flexibility index (Phi) is 46.4. The molecule has 2 atom stereocenters. The Morgan fingerprint density at radius 1 is 0.462 bits per heavy atom. The van der Waals surface area contributed by atoms with Gasteiger partial charge in [-0.25, -0.2) is 0 Å². The highest BCUT2D eigenvalue weighted by Crippen LogP contribution is 2.38. The number of nitrogens with zero attached hydrogens (tertiary/aromatic N) is 1. The van der Waals surface area contributed by atoms with Crippen molar-refractivity contribution in [1.29, 1.82) is 0 Å². The van der Waals surface area contributed by atoms with E-state index in [9.17, 15) is 19.0 Å². The fraction of sp³-hybridized carbons (Fsp3) is 0.891. The molecule has 0 N–H and O–H groups in total. The molecular weight excluding hydrogens is 834 g/mol. The first kappa shape index (κ1) is 63.5. The van der Waals surface area contributed by atoms with Crippen molar-refractivity contribution in [3.05, 3.63) is 24.3 Å². The predicted molar refractivity (Wildman–Crippen MR) is 273 cm³/mol. The molecule has 0 saturated heterocycles. The summed E-state index contributed by atoms with van der Waals surface area (Å²) in [6, 6.07) is 0. The second kappa shape index (κ2) is 47.6. The van der Waals surface area contributed by atoms with Crippen LogP contribution in [0.15, 0.2) is 24.3 Å². The topological polar surface area (TPSA) is 111 Å². The average molecular weight is 940 g/mol. The number of likely N-dealkylation sites (N-methyl/N-ethyl adjacent to an activating group) is 1. The Morgan fingerprint density at radius 3 is 1.14 bits per heavy atom. The zero-order valence-electron chi connectivity index (χ0n) is 43.5. The number of ether oxygens (including phenoxy) is 2. The van der Waals surface area contributed by atoms with Crippen molar-refractivity contribution in [2.75, 3.05) is 47.5 Å². The molecule has 0 amide bonds. The van der Waals surface area contributed by atoms with E-state index in [1.807, 2.05) is 21.1 Å². The third-order valence-electron chi connectivity index (χ3n) is 12.2. The SMILES string of the molecule is CCCCCCCCC/C=C\CCCCCCCCCC(=O)OCC(COP(=O)([O-])OCC[N+](C)(C)C)OC(=O)CCCCCCCCCCCCC/C=C\CCCCCCCCCC. The van der Waals surface area contributed by atoms with Gasteiger partial charge in [-0.3, -0.25) is 14.2 Å². The number of carbonyl (C=O) groups excluding carboxylic acids is 2. The van der Waals surface area contributed by atoms with E-state index in [0.717, 1.165) is 51.4 Å². The third-order valence-corrected chi connectivity index (χ3v) is 13.2. The quantitative estimate of drug-likeness (QED) is 0.0195. The normalized spacial score (nSPS) is 13.5. The van der Waals surface area contributed by atoms with Gasteiger partial charge in [0.25, 0.3) is 7.82 Å². The maximum absolute atomic E-state index is 12.8. The van der Waals surface area contributed by atoms with Crippen LogP contribution in [-0.4, -0.2) is 70.0 Å². The first-order chi connectivity index (χ1) is 31.5. The standard InChI is InChI=1S/C55H106NO8P/c1-6-8-10-12-14-16-18-20-22-24-26-27-28-29-30-32-34-36-38-40-42-44-46-48-55(58)64-53(52-63-65(59,60)62-50-49-56(3,4)5)51-61-54(57)47-45-43-41-39-37-35-33-31-25-23-21-19-17-15-13-11-9-7-2/h23-26,53H,6-22,27-52H2,1-5H3/b25-23-,26-24-. The molecule has 0 aliphatic heterocycles. The number of rotatable bonds is 51. The van der Waals surface area contributed by atoms with Gasteiger partial charge in [-0.1, -0.05) is 212 Å². The molecule has 65 heavy (non-hydrogen) atoms. The van der Waals surface area contributed by atoms with E-state index >= 15 is 0 Å². The fourth-order valence-electron chi connectivity index (χ4n) is 7.88. The number of phosphoric acid groups is 1. The summed E-state index contributed by atoms with van der Waals surface area (Å²) in [5, 5.41) is 0. The summed E-state index contributed by atoms with van der Waals surface area (Å²) < 4.78 is 34.1. The molecule has 0 aromatic heterocycles. The number of esters is 2. The van der Waals surface area contributed by atoms with Crippen molar-refractivity contribution in [2.24, 2.45) is 0 Å². The molecule has 0 bridgehead atoms. The Labute approximate surface area is 402 Å². The van der Waals surface area contributed by atoms with E-state index < -0.39 is 26.5 Å². The Bertz CT molecular complexity index is 1150. The van der Waals surface area contributed by atoms with Crippen LogP contribution in [0.2, 0.25) is 0 Å². The van der Waals surface area contributed by atoms with E-state index in [-0.39, 0.29) is 32.0 Å². The molecule has 384 valence electrons. The largest absolute Gasteiger partial charge is 0.756 e. The number of unbranched alkanes of at least 4 members (excludes halogenated alkanes) is 33. The Hall–Kier alpha value is -1.51. The summed E-state index contributed by atoms with van der Waals surface area (Å²) in [7, 11) is 1.17. The van der Waals surface area contributed by atoms with Gasteiger partial charge in [-0.2, -0.15) is 0 Å². The number of quaternary nitrogens is 1. The number of carbonyl (C=O) groups is 2. The van der Waals surface area contributed by atoms with Crippen LogP contribution in [0.25, 0.3) is 0 Å². The smallest absolute Gasteiger partial charge is 0.306 e. The zero-order valence-corrected chi connectivity index (χ0v) is 44.3. The molecule has 0 saturated carbocycles. The molecule has 2 unspecified atom stereocenters. The summed E-state index contributed by atoms with van der Waals surface area (Å²) in [4.78, 5) is 37.8. The molecule has 9 nitrogen and oxygen atoms in total. The van der Waals surface area contributed by atoms with Gasteiger partial charge in [-0.15, -0.1) is 0 Å². The van der Waals surface area contributed by atoms with Crippen LogP contribution in [0.4, 0.5) is 0 Å². The van der Waals surface area contributed by atoms with Gasteiger partial charge in [0.1, 0.15) is 19.8 Å². The maximum atomic E-state index is 12.8. The second-order valence-corrected chi connectivity index (χ2v) is 21.4. The molecule has 0 aliphatic rings. The van der Waals surface area contributed by atoms with Gasteiger partial charge >= 0.3 is 11.9 Å². The summed E-state index contributed by atoms with van der Waals surface area (Å²) in [6.45, 7) is 4.27. The van der Waals surface area contributed by atoms with E-state index in [1.54, 1.807) is 0 Å². The minimum atomic E-state index is -4.63. The van der Waals surface area contributed by atoms with Crippen molar-refractivity contribution in [1.82, 2.24) is 0 Å². The van der Waals surface area contributed by atoms with E-state index in [0.29, 0.717) is 17.4 Å². The lowest BCUT2D eigenvalue weighted by Crippen LogP contribution is -2.37. The summed E-state index contributed by atoms with van der Waals surface area (Å²) in [5.74, 6) is -0.828. The molecule has 0 radical (unpaired) electrons. The highest BCUT2D eigenvalue weighted by atomic mass is 31.2. The van der Waals surface area contributed by atoms with Gasteiger partial charge in [0.15, 0.2) is 6.10 Å². The number of allylic oxidation sites excluding steroid dienone is 4. The van der Waals surface area contributed by atoms with Crippen molar-refractivity contribution in [3.8, 4) is 0 Å². The number of hydrogen-bond donors (Lipinski definition) is 0. The van der Waals surface area contributed by atoms with E-state index in [4.69, 9.17) is 18.5 Å². The van der Waals surface area contributed by atoms with Crippen molar-refractivity contribution in [3.63, 3.8) is 0 Å². The molecule has 0 aromatic carbocycles. The number of phosphoric ester groups is 1. The van der Waals surface area contributed by atoms with Crippen molar-refractivity contribution >= 4 is 19.8 Å². The zero-order chi connectivity index (χ0) is 47.8. The average Bonchev–Trinajstić information content (AvgIpc) is 3.26. The van der Waals surface area contributed by atoms with Crippen LogP contribution < -0.4 is 4.89 Å². The highest BCUT2D eigenvalue weighted by Gasteiger charge is 2.21. The van der Waals surface area contributed by atoms with Crippen LogP contribution in [-0.2, 0) is 32.7 Å². The van der Waals surface area contributed by atoms with Crippen LogP contribution in [0.5, 0.6) is 0 Å². The van der Waals surface area contributed by atoms with Crippen LogP contribution in [0.1, 0.15) is 264 Å². The van der Waals surface area contributed by atoms with E-state index in [1.165, 1.54) is 180 Å². The molecule has 0 rings (SSSR count). The first-order valence-electron chi connectivity index (χ1n) is 27.5. The number of hydrogen-bond acceptors (Lipinski definition) is 8. The van der Waals surface area contributed by atoms with Crippen LogP contribution >= 0.6 is 7.82 Å². The molecular formula is C55H106NO8P. The lowest BCUT2D eigenvalue weighted by molar-refractivity contribution is -0.870. The monoisotopic (exact) mass is 940 g/mol. The summed E-state index contributed by atoms with van der Waals surface area (Å²) >= 11 is 0. The van der Waals surface area contributed by atoms with Crippen molar-refractivity contribution < 1.29 is 42.1 Å². The lowest BCUT2D eigenvalue weighted by Gasteiger charge is -2.28. The molecule has 10 heteroatoms. The van der Waals surface area contributed by atoms with Gasteiger partial charge < -0.3 is 27.9 Å². The Balaban J connectivity index is 4.18.